The molecule has 1 aromatic carbocycles. The van der Waals surface area contributed by atoms with Gasteiger partial charge in [0.1, 0.15) is 21.8 Å². The highest BCUT2D eigenvalue weighted by atomic mass is 32.1. The Kier molecular flexibility index (Phi) is 6.96. The Balaban J connectivity index is 1.31. The highest BCUT2D eigenvalue weighted by molar-refractivity contribution is 7.14. The molecule has 2 aliphatic carbocycles. The summed E-state index contributed by atoms with van der Waals surface area (Å²) < 4.78 is 5.76. The van der Waals surface area contributed by atoms with Gasteiger partial charge in [-0.2, -0.15) is 5.26 Å². The van der Waals surface area contributed by atoms with Gasteiger partial charge in [0, 0.05) is 30.1 Å². The first kappa shape index (κ1) is 24.7. The van der Waals surface area contributed by atoms with Gasteiger partial charge in [0.25, 0.3) is 0 Å². The number of carbonyl (C=O) groups excluding carboxylic acids is 1. The minimum absolute atomic E-state index is 0.000522. The predicted octanol–water partition coefficient (Wildman–Crippen LogP) is 4.61. The molecule has 1 aromatic heterocycles. The molecular formula is C28H33N5O2S. The van der Waals surface area contributed by atoms with Crippen molar-refractivity contribution in [3.63, 3.8) is 0 Å². The van der Waals surface area contributed by atoms with Crippen molar-refractivity contribution < 1.29 is 9.53 Å². The Hall–Kier alpha value is -3.02. The first-order chi connectivity index (χ1) is 17.4. The zero-order valence-corrected chi connectivity index (χ0v) is 22.0. The Morgan fingerprint density at radius 1 is 1.31 bits per heavy atom. The summed E-state index contributed by atoms with van der Waals surface area (Å²) in [5.41, 5.74) is 2.47. The summed E-state index contributed by atoms with van der Waals surface area (Å²) in [6.07, 6.45) is 10.9. The van der Waals surface area contributed by atoms with Crippen molar-refractivity contribution in [3.8, 4) is 22.4 Å². The molecule has 5 rings (SSSR count). The largest absolute Gasteiger partial charge is 0.490 e. The van der Waals surface area contributed by atoms with Crippen molar-refractivity contribution >= 4 is 17.2 Å². The van der Waals surface area contributed by atoms with Crippen LogP contribution in [0.4, 0.5) is 0 Å². The van der Waals surface area contributed by atoms with Crippen LogP contribution in [0.25, 0.3) is 10.6 Å². The molecule has 2 heterocycles. The van der Waals surface area contributed by atoms with Crippen molar-refractivity contribution in [1.29, 1.82) is 5.26 Å². The number of aromatic nitrogens is 2. The fraction of sp³-hybridized carbons (Fsp3) is 0.500. The number of fused-ring (bicyclic) bond motifs is 1. The molecule has 1 amide bonds. The van der Waals surface area contributed by atoms with E-state index in [4.69, 9.17) is 4.74 Å². The van der Waals surface area contributed by atoms with Gasteiger partial charge in [-0.25, -0.2) is 0 Å². The molecule has 2 unspecified atom stereocenters. The van der Waals surface area contributed by atoms with Crippen LogP contribution in [0.5, 0.6) is 5.75 Å². The third-order valence-electron chi connectivity index (χ3n) is 7.56. The van der Waals surface area contributed by atoms with Gasteiger partial charge in [-0.3, -0.25) is 4.79 Å². The van der Waals surface area contributed by atoms with Gasteiger partial charge in [0.2, 0.25) is 5.91 Å². The Labute approximate surface area is 216 Å². The van der Waals surface area contributed by atoms with Gasteiger partial charge in [-0.15, -0.1) is 10.2 Å². The van der Waals surface area contributed by atoms with E-state index in [1.54, 1.807) is 11.3 Å². The average molecular weight is 504 g/mol. The molecule has 3 atom stereocenters. The predicted molar refractivity (Wildman–Crippen MR) is 141 cm³/mol. The topological polar surface area (TPSA) is 91.1 Å². The summed E-state index contributed by atoms with van der Waals surface area (Å²) in [7, 11) is 0. The van der Waals surface area contributed by atoms with Crippen LogP contribution < -0.4 is 10.1 Å². The second-order valence-corrected chi connectivity index (χ2v) is 11.3. The number of amides is 1. The smallest absolute Gasteiger partial charge is 0.236 e. The van der Waals surface area contributed by atoms with E-state index in [2.05, 4.69) is 46.7 Å². The second-order valence-electron chi connectivity index (χ2n) is 10.4. The molecule has 0 spiro atoms. The number of nitrogens with zero attached hydrogens (tertiary/aromatic N) is 4. The number of hydrogen-bond donors (Lipinski definition) is 1. The first-order valence-electron chi connectivity index (χ1n) is 12.8. The lowest BCUT2D eigenvalue weighted by Crippen LogP contribution is -2.41. The molecule has 8 heteroatoms. The number of benzene rings is 1. The van der Waals surface area contributed by atoms with Crippen molar-refractivity contribution in [2.45, 2.75) is 64.0 Å². The number of hydrogen-bond acceptors (Lipinski definition) is 7. The van der Waals surface area contributed by atoms with Crippen LogP contribution in [0.3, 0.4) is 0 Å². The SMILES string of the molecule is CC(C)Oc1ccc(-c2nnc(C3(C)C=CC=C4C3CC[C@@H]4NCC(=O)N3CCCC3)s2)cc1C#N. The highest BCUT2D eigenvalue weighted by Gasteiger charge is 2.45. The third kappa shape index (κ3) is 4.70. The molecule has 1 aliphatic heterocycles. The Bertz CT molecular complexity index is 1240. The Morgan fingerprint density at radius 3 is 2.86 bits per heavy atom. The van der Waals surface area contributed by atoms with Gasteiger partial charge < -0.3 is 15.0 Å². The lowest BCUT2D eigenvalue weighted by molar-refractivity contribution is -0.129. The molecular weight excluding hydrogens is 470 g/mol. The maximum absolute atomic E-state index is 12.6. The summed E-state index contributed by atoms with van der Waals surface area (Å²) in [6, 6.07) is 8.07. The lowest BCUT2D eigenvalue weighted by Gasteiger charge is -2.34. The van der Waals surface area contributed by atoms with Crippen molar-refractivity contribution in [1.82, 2.24) is 20.4 Å². The second kappa shape index (κ2) is 10.2. The summed E-state index contributed by atoms with van der Waals surface area (Å²) in [4.78, 5) is 14.5. The van der Waals surface area contributed by atoms with Gasteiger partial charge in [0.05, 0.1) is 18.2 Å². The van der Waals surface area contributed by atoms with E-state index in [1.807, 2.05) is 36.9 Å². The summed E-state index contributed by atoms with van der Waals surface area (Å²) in [5.74, 6) is 1.12. The van der Waals surface area contributed by atoms with Crippen LogP contribution in [-0.2, 0) is 10.2 Å². The molecule has 1 saturated heterocycles. The highest BCUT2D eigenvalue weighted by Crippen LogP contribution is 2.49. The normalized spacial score (nSPS) is 25.1. The molecule has 36 heavy (non-hydrogen) atoms. The maximum Gasteiger partial charge on any atom is 0.236 e. The fourth-order valence-electron chi connectivity index (χ4n) is 5.66. The van der Waals surface area contributed by atoms with E-state index < -0.39 is 0 Å². The summed E-state index contributed by atoms with van der Waals surface area (Å²) >= 11 is 1.58. The number of carbonyl (C=O) groups is 1. The van der Waals surface area contributed by atoms with Crippen LogP contribution in [0.1, 0.15) is 57.0 Å². The van der Waals surface area contributed by atoms with E-state index in [0.717, 1.165) is 54.4 Å². The summed E-state index contributed by atoms with van der Waals surface area (Å²) in [5, 5.41) is 24.1. The van der Waals surface area contributed by atoms with Crippen LogP contribution in [0.2, 0.25) is 0 Å². The van der Waals surface area contributed by atoms with Crippen molar-refractivity contribution in [2.24, 2.45) is 5.92 Å². The number of likely N-dealkylation sites (tertiary alicyclic amines) is 1. The molecule has 0 radical (unpaired) electrons. The summed E-state index contributed by atoms with van der Waals surface area (Å²) in [6.45, 7) is 8.31. The standard InChI is InChI=1S/C28H33N5O2S/c1-18(2)35-24-11-8-19(15-20(24)16-29)26-31-32-27(36-26)28(3)12-6-7-21-22(28)9-10-23(21)30-17-25(34)33-13-4-5-14-33/h6-8,11-12,15,18,22-23,30H,4-5,9-10,13-14,17H2,1-3H3/t22?,23-,28?/m0/s1. The van der Waals surface area contributed by atoms with Gasteiger partial charge >= 0.3 is 0 Å². The van der Waals surface area contributed by atoms with Crippen LogP contribution in [0.15, 0.2) is 42.0 Å². The van der Waals surface area contributed by atoms with E-state index >= 15 is 0 Å². The Morgan fingerprint density at radius 2 is 2.11 bits per heavy atom. The van der Waals surface area contributed by atoms with Gasteiger partial charge in [-0.05, 0) is 76.1 Å². The van der Waals surface area contributed by atoms with Gasteiger partial charge in [-0.1, -0.05) is 29.6 Å². The molecule has 1 saturated carbocycles. The number of ether oxygens (including phenoxy) is 1. The molecule has 3 aliphatic rings. The van der Waals surface area contributed by atoms with Crippen LogP contribution >= 0.6 is 11.3 Å². The molecule has 2 aromatic rings. The van der Waals surface area contributed by atoms with E-state index in [0.29, 0.717) is 23.8 Å². The number of nitrogens with one attached hydrogen (secondary N) is 1. The molecule has 7 nitrogen and oxygen atoms in total. The van der Waals surface area contributed by atoms with Gasteiger partial charge in [0.15, 0.2) is 0 Å². The van der Waals surface area contributed by atoms with E-state index in [9.17, 15) is 10.1 Å². The molecule has 2 fully saturated rings. The number of rotatable bonds is 7. The quantitative estimate of drug-likeness (QED) is 0.593. The molecule has 188 valence electrons. The van der Waals surface area contributed by atoms with Crippen molar-refractivity contribution in [2.75, 3.05) is 19.6 Å². The number of allylic oxidation sites excluding steroid dienone is 3. The molecule has 0 bridgehead atoms. The first-order valence-corrected chi connectivity index (χ1v) is 13.7. The van der Waals surface area contributed by atoms with Crippen molar-refractivity contribution in [3.05, 3.63) is 52.6 Å². The minimum Gasteiger partial charge on any atom is -0.490 e. The molecule has 1 N–H and O–H groups in total. The maximum atomic E-state index is 12.6. The minimum atomic E-state index is -0.256. The van der Waals surface area contributed by atoms with Crippen LogP contribution in [-0.4, -0.2) is 52.8 Å². The van der Waals surface area contributed by atoms with Crippen LogP contribution in [0, 0.1) is 17.2 Å². The zero-order chi connectivity index (χ0) is 25.3. The average Bonchev–Trinajstić information content (AvgIpc) is 3.64. The van der Waals surface area contributed by atoms with E-state index in [1.165, 1.54) is 5.57 Å². The zero-order valence-electron chi connectivity index (χ0n) is 21.2. The van der Waals surface area contributed by atoms with E-state index in [-0.39, 0.29) is 23.5 Å². The third-order valence-corrected chi connectivity index (χ3v) is 8.78. The monoisotopic (exact) mass is 503 g/mol. The lowest BCUT2D eigenvalue weighted by atomic mass is 9.71. The fourth-order valence-corrected chi connectivity index (χ4v) is 6.68. The number of nitriles is 1.